The van der Waals surface area contributed by atoms with Crippen LogP contribution >= 0.6 is 12.4 Å². The Morgan fingerprint density at radius 3 is 1.57 bits per heavy atom. The number of aromatic carboxylic acids is 1. The van der Waals surface area contributed by atoms with Crippen LogP contribution in [0.3, 0.4) is 0 Å². The Labute approximate surface area is 259 Å². The van der Waals surface area contributed by atoms with Crippen LogP contribution in [0, 0.1) is 11.6 Å². The van der Waals surface area contributed by atoms with Crippen LogP contribution < -0.4 is 32.4 Å². The van der Waals surface area contributed by atoms with E-state index in [1.54, 1.807) is 44.4 Å². The van der Waals surface area contributed by atoms with Gasteiger partial charge in [-0.2, -0.15) is 0 Å². The summed E-state index contributed by atoms with van der Waals surface area (Å²) in [6, 6.07) is 20.2. The Kier molecular flexibility index (Phi) is 16.1. The van der Waals surface area contributed by atoms with Crippen LogP contribution in [0.2, 0.25) is 0 Å². The molecule has 0 atom stereocenters. The maximum Gasteiger partial charge on any atom is 0.352 e. The number of pyridine rings is 2. The summed E-state index contributed by atoms with van der Waals surface area (Å²) in [6.07, 6.45) is 0. The lowest BCUT2D eigenvalue weighted by Gasteiger charge is -2.20. The minimum Gasteiger partial charge on any atom is -0.477 e. The Morgan fingerprint density at radius 1 is 0.795 bits per heavy atom. The lowest BCUT2D eigenvalue weighted by Crippen LogP contribution is -2.41. The third kappa shape index (κ3) is 12.0. The maximum atomic E-state index is 12.8. The van der Waals surface area contributed by atoms with Gasteiger partial charge in [0.15, 0.2) is 0 Å². The molecule has 0 saturated heterocycles. The number of nitrogens with zero attached hydrogens (tertiary/aromatic N) is 4. The van der Waals surface area contributed by atoms with E-state index in [0.717, 1.165) is 10.3 Å². The summed E-state index contributed by atoms with van der Waals surface area (Å²) in [5.41, 5.74) is 3.69. The normalized spacial score (nSPS) is 9.59. The highest BCUT2D eigenvalue weighted by molar-refractivity contribution is 5.93. The van der Waals surface area contributed by atoms with E-state index < -0.39 is 19.0 Å². The summed E-state index contributed by atoms with van der Waals surface area (Å²) in [4.78, 5) is 44.8. The number of nitrogens with two attached hydrogens (primary N) is 1. The predicted octanol–water partition coefficient (Wildman–Crippen LogP) is 3.53. The van der Waals surface area contributed by atoms with Crippen molar-refractivity contribution in [3.05, 3.63) is 129 Å². The molecule has 15 heteroatoms. The number of hydrogen-bond donors (Lipinski definition) is 3. The molecule has 2 heterocycles. The molecule has 4 N–H and O–H groups in total. The molecule has 4 aromatic rings. The van der Waals surface area contributed by atoms with Crippen molar-refractivity contribution in [2.75, 3.05) is 31.3 Å². The average molecular weight is 640 g/mol. The molecule has 1 amide bonds. The van der Waals surface area contributed by atoms with Gasteiger partial charge in [0.1, 0.15) is 23.0 Å². The quantitative estimate of drug-likeness (QED) is 0.222. The number of alkyl halides is 1. The van der Waals surface area contributed by atoms with Crippen molar-refractivity contribution in [3.8, 4) is 0 Å². The van der Waals surface area contributed by atoms with Gasteiger partial charge >= 0.3 is 5.97 Å². The molecule has 0 bridgehead atoms. The van der Waals surface area contributed by atoms with Crippen LogP contribution in [0.25, 0.3) is 0 Å². The van der Waals surface area contributed by atoms with Gasteiger partial charge in [-0.05, 0) is 60.7 Å². The molecule has 0 aliphatic heterocycles. The first kappa shape index (κ1) is 36.9. The number of hydrogen-bond acceptors (Lipinski definition) is 7. The van der Waals surface area contributed by atoms with Gasteiger partial charge in [0.25, 0.3) is 17.0 Å². The predicted molar refractivity (Wildman–Crippen MR) is 166 cm³/mol. The zero-order valence-corrected chi connectivity index (χ0v) is 25.1. The van der Waals surface area contributed by atoms with Gasteiger partial charge in [0.2, 0.25) is 0 Å². The summed E-state index contributed by atoms with van der Waals surface area (Å²) in [5.74, 6) is 3.27. The zero-order chi connectivity index (χ0) is 33.4. The number of carbonyl (C=O) groups excluding carboxylic acids is 1. The Balaban J connectivity index is 0.000000659. The molecule has 4 rings (SSSR count). The van der Waals surface area contributed by atoms with Crippen molar-refractivity contribution in [2.45, 2.75) is 0 Å². The summed E-state index contributed by atoms with van der Waals surface area (Å²) in [6.45, 7) is 0. The number of carboxylic acid groups (broad SMARTS) is 1. The minimum absolute atomic E-state index is 0. The molecule has 0 unspecified atom stereocenters. The van der Waals surface area contributed by atoms with Gasteiger partial charge in [-0.1, -0.05) is 12.1 Å². The van der Waals surface area contributed by atoms with Gasteiger partial charge in [-0.25, -0.2) is 19.4 Å². The van der Waals surface area contributed by atoms with E-state index in [0.29, 0.717) is 5.69 Å². The van der Waals surface area contributed by atoms with Gasteiger partial charge in [0, 0.05) is 40.3 Å². The van der Waals surface area contributed by atoms with E-state index in [2.05, 4.69) is 5.43 Å². The first-order chi connectivity index (χ1) is 20.7. The number of hydrazine groups is 2. The summed E-state index contributed by atoms with van der Waals surface area (Å²) in [7, 11) is 5.28. The van der Waals surface area contributed by atoms with Crippen LogP contribution in [0.4, 0.5) is 24.5 Å². The summed E-state index contributed by atoms with van der Waals surface area (Å²) < 4.78 is 43.0. The smallest absolute Gasteiger partial charge is 0.352 e. The van der Waals surface area contributed by atoms with Crippen LogP contribution in [-0.2, 0) is 14.1 Å². The second-order valence-corrected chi connectivity index (χ2v) is 8.49. The molecular weight excluding hydrogens is 605 g/mol. The number of amides is 1. The molecule has 2 aromatic carbocycles. The van der Waals surface area contributed by atoms with Crippen LogP contribution in [0.1, 0.15) is 22.3 Å². The van der Waals surface area contributed by atoms with E-state index in [4.69, 9.17) is 12.3 Å². The Morgan fingerprint density at radius 2 is 1.18 bits per heavy atom. The Bertz CT molecular complexity index is 1620. The minimum atomic E-state index is -1.09. The second-order valence-electron chi connectivity index (χ2n) is 8.49. The third-order valence-electron chi connectivity index (χ3n) is 5.54. The zero-order valence-electron chi connectivity index (χ0n) is 25.3. The van der Waals surface area contributed by atoms with Crippen molar-refractivity contribution in [3.63, 3.8) is 0 Å². The van der Waals surface area contributed by atoms with Gasteiger partial charge in [0.05, 0.1) is 19.9 Å². The number of carboxylic acids is 1. The first-order valence-corrected chi connectivity index (χ1v) is 12.2. The number of rotatable bonds is 5. The lowest BCUT2D eigenvalue weighted by molar-refractivity contribution is 0.0684. The van der Waals surface area contributed by atoms with E-state index in [1.807, 2.05) is 0 Å². The van der Waals surface area contributed by atoms with Crippen LogP contribution in [0.15, 0.2) is 94.5 Å². The number of benzene rings is 2. The summed E-state index contributed by atoms with van der Waals surface area (Å²) >= 11 is 0. The SMILES string of the molecule is CN(N)c1ccc(F)cc1.CN(NC(=O)c1cccc(=O)n1C)c1ccc(F)cc1.Cl.Cn1c(C(=O)O)cccc1=O.[2H]CF. The molecule has 2 aromatic heterocycles. The largest absolute Gasteiger partial charge is 0.477 e. The topological polar surface area (TPSA) is 143 Å². The molecule has 0 saturated carbocycles. The molecule has 0 spiro atoms. The fraction of sp³-hybridized carbons (Fsp3) is 0.172. The summed E-state index contributed by atoms with van der Waals surface area (Å²) in [5, 5.41) is 11.4. The average Bonchev–Trinajstić information content (AvgIpc) is 2.97. The van der Waals surface area contributed by atoms with Crippen LogP contribution in [0.5, 0.6) is 0 Å². The van der Waals surface area contributed by atoms with Crippen molar-refractivity contribution in [1.29, 1.82) is 0 Å². The number of anilines is 2. The molecule has 0 fully saturated rings. The standard InChI is InChI=1S/C14H14FN3O2.C7H9FN2.C7H7NO3.CH3F.ClH/c1-17-12(4-3-5-13(17)19)14(20)16-18(2)11-8-6-10(15)7-9-11;1-10(9)7-4-2-6(8)3-5-7;1-8-5(7(10)11)3-2-4-6(8)9;1-2;/h3-9H,1-2H3,(H,16,20);2-5H,9H2,1H3;2-4H,1H3,(H,10,11);1H3;1H/i;;;1D;. The monoisotopic (exact) mass is 639 g/mol. The Hall–Kier alpha value is -5.08. The molecular formula is C29H34ClF3N6O5. The maximum absolute atomic E-state index is 12.8. The highest BCUT2D eigenvalue weighted by Gasteiger charge is 2.12. The van der Waals surface area contributed by atoms with Gasteiger partial charge in [-0.15, -0.1) is 12.4 Å². The van der Waals surface area contributed by atoms with E-state index >= 15 is 0 Å². The first-order valence-electron chi connectivity index (χ1n) is 12.9. The number of carbonyl (C=O) groups is 2. The molecule has 0 aliphatic carbocycles. The van der Waals surface area contributed by atoms with Gasteiger partial charge < -0.3 is 19.2 Å². The van der Waals surface area contributed by atoms with Crippen LogP contribution in [-0.4, -0.2) is 47.4 Å². The highest BCUT2D eigenvalue weighted by Crippen LogP contribution is 2.11. The second kappa shape index (κ2) is 19.2. The molecule has 0 radical (unpaired) electrons. The molecule has 44 heavy (non-hydrogen) atoms. The van der Waals surface area contributed by atoms with Crippen molar-refractivity contribution < 1.29 is 29.2 Å². The molecule has 238 valence electrons. The highest BCUT2D eigenvalue weighted by atomic mass is 35.5. The lowest BCUT2D eigenvalue weighted by atomic mass is 10.3. The van der Waals surface area contributed by atoms with E-state index in [-0.39, 0.29) is 46.5 Å². The molecule has 0 aliphatic rings. The van der Waals surface area contributed by atoms with Gasteiger partial charge in [-0.3, -0.25) is 29.2 Å². The van der Waals surface area contributed by atoms with E-state index in [1.165, 1.54) is 83.3 Å². The van der Waals surface area contributed by atoms with Crippen molar-refractivity contribution in [2.24, 2.45) is 19.9 Å². The number of nitrogens with one attached hydrogen (secondary N) is 1. The number of halogens is 4. The van der Waals surface area contributed by atoms with Crippen molar-refractivity contribution >= 4 is 35.7 Å². The molecule has 11 nitrogen and oxygen atoms in total. The number of aromatic nitrogens is 2. The van der Waals surface area contributed by atoms with E-state index in [9.17, 15) is 32.3 Å². The third-order valence-corrected chi connectivity index (χ3v) is 5.54. The fourth-order valence-corrected chi connectivity index (χ4v) is 3.19. The van der Waals surface area contributed by atoms with Crippen molar-refractivity contribution in [1.82, 2.24) is 14.6 Å². The fourth-order valence-electron chi connectivity index (χ4n) is 3.19.